The van der Waals surface area contributed by atoms with Gasteiger partial charge in [-0.15, -0.1) is 0 Å². The van der Waals surface area contributed by atoms with E-state index in [4.69, 9.17) is 23.2 Å². The number of aryl methyl sites for hydroxylation is 1. The number of hydrogen-bond acceptors (Lipinski definition) is 4. The molecule has 0 heterocycles. The second-order valence-electron chi connectivity index (χ2n) is 9.72. The SMILES string of the molecule is Cc1ccc(Cl)cc1N(CC(=O)N(Cc1cccc(Cl)c1)C(C)C(=O)NCC(C)C)S(=O)(=O)c1ccccc1. The lowest BCUT2D eigenvalue weighted by molar-refractivity contribution is -0.139. The Labute approximate surface area is 240 Å². The molecule has 10 heteroatoms. The molecular formula is C29H33Cl2N3O4S. The lowest BCUT2D eigenvalue weighted by atomic mass is 10.1. The van der Waals surface area contributed by atoms with Gasteiger partial charge in [0, 0.05) is 23.1 Å². The third-order valence-corrected chi connectivity index (χ3v) is 8.39. The van der Waals surface area contributed by atoms with Crippen LogP contribution in [0.4, 0.5) is 5.69 Å². The van der Waals surface area contributed by atoms with Gasteiger partial charge in [-0.1, -0.05) is 73.4 Å². The minimum atomic E-state index is -4.16. The Kier molecular flexibility index (Phi) is 10.4. The molecule has 3 aromatic rings. The lowest BCUT2D eigenvalue weighted by Gasteiger charge is -2.32. The fraction of sp³-hybridized carbons (Fsp3) is 0.310. The molecule has 0 fully saturated rings. The molecule has 1 unspecified atom stereocenters. The summed E-state index contributed by atoms with van der Waals surface area (Å²) in [6.45, 7) is 7.27. The van der Waals surface area contributed by atoms with E-state index in [2.05, 4.69) is 5.32 Å². The molecule has 39 heavy (non-hydrogen) atoms. The molecule has 0 spiro atoms. The van der Waals surface area contributed by atoms with Crippen LogP contribution in [-0.4, -0.2) is 44.3 Å². The van der Waals surface area contributed by atoms with Gasteiger partial charge in [0.1, 0.15) is 12.6 Å². The molecule has 0 bridgehead atoms. The number of sulfonamides is 1. The molecule has 1 atom stereocenters. The van der Waals surface area contributed by atoms with Crippen molar-refractivity contribution in [3.05, 3.63) is 94.0 Å². The van der Waals surface area contributed by atoms with Gasteiger partial charge >= 0.3 is 0 Å². The zero-order valence-corrected chi connectivity index (χ0v) is 24.7. The number of halogens is 2. The molecular weight excluding hydrogens is 557 g/mol. The Morgan fingerprint density at radius 3 is 2.21 bits per heavy atom. The van der Waals surface area contributed by atoms with E-state index >= 15 is 0 Å². The smallest absolute Gasteiger partial charge is 0.264 e. The van der Waals surface area contributed by atoms with Gasteiger partial charge in [0.25, 0.3) is 10.0 Å². The number of carbonyl (C=O) groups is 2. The molecule has 0 aromatic heterocycles. The summed E-state index contributed by atoms with van der Waals surface area (Å²) in [7, 11) is -4.16. The molecule has 2 amide bonds. The van der Waals surface area contributed by atoms with Crippen molar-refractivity contribution in [2.45, 2.75) is 45.2 Å². The van der Waals surface area contributed by atoms with Gasteiger partial charge in [0.2, 0.25) is 11.8 Å². The number of anilines is 1. The van der Waals surface area contributed by atoms with Gasteiger partial charge in [-0.3, -0.25) is 13.9 Å². The monoisotopic (exact) mass is 589 g/mol. The average Bonchev–Trinajstić information content (AvgIpc) is 2.90. The highest BCUT2D eigenvalue weighted by atomic mass is 35.5. The van der Waals surface area contributed by atoms with E-state index in [1.807, 2.05) is 13.8 Å². The quantitative estimate of drug-likeness (QED) is 0.311. The van der Waals surface area contributed by atoms with Crippen molar-refractivity contribution in [2.24, 2.45) is 5.92 Å². The van der Waals surface area contributed by atoms with Crippen LogP contribution in [-0.2, 0) is 26.2 Å². The van der Waals surface area contributed by atoms with Crippen molar-refractivity contribution >= 4 is 50.7 Å². The molecule has 3 aromatic carbocycles. The first-order valence-corrected chi connectivity index (χ1v) is 14.7. The zero-order valence-electron chi connectivity index (χ0n) is 22.4. The normalized spacial score (nSPS) is 12.2. The highest BCUT2D eigenvalue weighted by Crippen LogP contribution is 2.30. The lowest BCUT2D eigenvalue weighted by Crippen LogP contribution is -2.51. The van der Waals surface area contributed by atoms with Gasteiger partial charge in [0.05, 0.1) is 10.6 Å². The molecule has 0 radical (unpaired) electrons. The Bertz CT molecular complexity index is 1420. The summed E-state index contributed by atoms with van der Waals surface area (Å²) < 4.78 is 28.8. The number of nitrogens with one attached hydrogen (secondary N) is 1. The minimum absolute atomic E-state index is 0.0290. The molecule has 0 saturated carbocycles. The van der Waals surface area contributed by atoms with E-state index in [0.717, 1.165) is 4.31 Å². The van der Waals surface area contributed by atoms with Gasteiger partial charge in [-0.2, -0.15) is 0 Å². The second kappa shape index (κ2) is 13.3. The average molecular weight is 591 g/mol. The van der Waals surface area contributed by atoms with Crippen LogP contribution in [0.15, 0.2) is 77.7 Å². The Morgan fingerprint density at radius 1 is 0.897 bits per heavy atom. The van der Waals surface area contributed by atoms with Gasteiger partial charge in [-0.25, -0.2) is 8.42 Å². The van der Waals surface area contributed by atoms with Gasteiger partial charge in [-0.05, 0) is 67.3 Å². The highest BCUT2D eigenvalue weighted by Gasteiger charge is 2.33. The number of nitrogens with zero attached hydrogens (tertiary/aromatic N) is 2. The van der Waals surface area contributed by atoms with Crippen LogP contribution in [0.2, 0.25) is 10.0 Å². The van der Waals surface area contributed by atoms with Crippen LogP contribution >= 0.6 is 23.2 Å². The molecule has 1 N–H and O–H groups in total. The second-order valence-corrected chi connectivity index (χ2v) is 12.5. The van der Waals surface area contributed by atoms with E-state index in [0.29, 0.717) is 27.7 Å². The van der Waals surface area contributed by atoms with Crippen LogP contribution in [0.25, 0.3) is 0 Å². The Hall–Kier alpha value is -3.07. The zero-order chi connectivity index (χ0) is 28.7. The summed E-state index contributed by atoms with van der Waals surface area (Å²) in [5.74, 6) is -0.674. The number of rotatable bonds is 11. The summed E-state index contributed by atoms with van der Waals surface area (Å²) in [5, 5.41) is 3.68. The van der Waals surface area contributed by atoms with E-state index in [1.165, 1.54) is 23.1 Å². The first-order chi connectivity index (χ1) is 18.4. The summed E-state index contributed by atoms with van der Waals surface area (Å²) >= 11 is 12.4. The summed E-state index contributed by atoms with van der Waals surface area (Å²) in [5.41, 5.74) is 1.60. The van der Waals surface area contributed by atoms with E-state index in [9.17, 15) is 18.0 Å². The summed E-state index contributed by atoms with van der Waals surface area (Å²) in [6.07, 6.45) is 0. The Balaban J connectivity index is 2.04. The first kappa shape index (κ1) is 30.5. The van der Waals surface area contributed by atoms with Crippen molar-refractivity contribution in [1.29, 1.82) is 0 Å². The molecule has 208 valence electrons. The Morgan fingerprint density at radius 2 is 1.56 bits per heavy atom. The van der Waals surface area contributed by atoms with Crippen molar-refractivity contribution in [3.8, 4) is 0 Å². The maximum atomic E-state index is 13.9. The predicted molar refractivity (Wildman–Crippen MR) is 156 cm³/mol. The molecule has 3 rings (SSSR count). The first-order valence-electron chi connectivity index (χ1n) is 12.6. The summed E-state index contributed by atoms with van der Waals surface area (Å²) in [4.78, 5) is 28.4. The molecule has 0 aliphatic heterocycles. The molecule has 7 nitrogen and oxygen atoms in total. The minimum Gasteiger partial charge on any atom is -0.354 e. The van der Waals surface area contributed by atoms with Crippen molar-refractivity contribution in [2.75, 3.05) is 17.4 Å². The van der Waals surface area contributed by atoms with Crippen LogP contribution in [0, 0.1) is 12.8 Å². The third kappa shape index (κ3) is 7.97. The fourth-order valence-corrected chi connectivity index (χ4v) is 5.82. The maximum Gasteiger partial charge on any atom is 0.264 e. The maximum absolute atomic E-state index is 13.9. The van der Waals surface area contributed by atoms with Crippen LogP contribution in [0.3, 0.4) is 0 Å². The summed E-state index contributed by atoms with van der Waals surface area (Å²) in [6, 6.07) is 18.8. The van der Waals surface area contributed by atoms with Crippen LogP contribution in [0.5, 0.6) is 0 Å². The van der Waals surface area contributed by atoms with Crippen molar-refractivity contribution in [3.63, 3.8) is 0 Å². The largest absolute Gasteiger partial charge is 0.354 e. The molecule has 0 aliphatic rings. The van der Waals surface area contributed by atoms with Crippen molar-refractivity contribution < 1.29 is 18.0 Å². The van der Waals surface area contributed by atoms with Crippen LogP contribution < -0.4 is 9.62 Å². The van der Waals surface area contributed by atoms with Crippen LogP contribution in [0.1, 0.15) is 31.9 Å². The molecule has 0 saturated heterocycles. The van der Waals surface area contributed by atoms with E-state index < -0.39 is 28.5 Å². The van der Waals surface area contributed by atoms with Gasteiger partial charge in [0.15, 0.2) is 0 Å². The molecule has 0 aliphatic carbocycles. The third-order valence-electron chi connectivity index (χ3n) is 6.14. The topological polar surface area (TPSA) is 86.8 Å². The van der Waals surface area contributed by atoms with E-state index in [-0.39, 0.29) is 29.0 Å². The van der Waals surface area contributed by atoms with Crippen molar-refractivity contribution in [1.82, 2.24) is 10.2 Å². The van der Waals surface area contributed by atoms with Gasteiger partial charge < -0.3 is 10.2 Å². The number of amides is 2. The fourth-order valence-electron chi connectivity index (χ4n) is 3.95. The standard InChI is InChI=1S/C29H33Cl2N3O4S/c1-20(2)17-32-29(36)22(4)33(18-23-9-8-10-24(30)15-23)28(35)19-34(27-16-25(31)14-13-21(27)3)39(37,38)26-11-6-5-7-12-26/h5-16,20,22H,17-19H2,1-4H3,(H,32,36). The number of hydrogen-bond donors (Lipinski definition) is 1. The number of carbonyl (C=O) groups excluding carboxylic acids is 2. The predicted octanol–water partition coefficient (Wildman–Crippen LogP) is 5.69. The van der Waals surface area contributed by atoms with E-state index in [1.54, 1.807) is 68.4 Å². The number of benzene rings is 3. The highest BCUT2D eigenvalue weighted by molar-refractivity contribution is 7.92.